The number of sulfonamides is 1. The number of aryl methyl sites for hydroxylation is 3. The summed E-state index contributed by atoms with van der Waals surface area (Å²) < 4.78 is 26.2. The van der Waals surface area contributed by atoms with Crippen molar-refractivity contribution >= 4 is 15.9 Å². The molecule has 28 heavy (non-hydrogen) atoms. The fourth-order valence-electron chi connectivity index (χ4n) is 3.38. The molecule has 3 rings (SSSR count). The van der Waals surface area contributed by atoms with Crippen molar-refractivity contribution in [2.75, 3.05) is 32.4 Å². The molecule has 1 aromatic heterocycles. The number of amides is 1. The molecule has 2 heterocycles. The van der Waals surface area contributed by atoms with Crippen molar-refractivity contribution in [2.24, 2.45) is 0 Å². The Bertz CT molecular complexity index is 1010. The van der Waals surface area contributed by atoms with E-state index in [1.807, 2.05) is 30.3 Å². The number of nitrogens with zero attached hydrogens (tertiary/aromatic N) is 3. The first-order valence-electron chi connectivity index (χ1n) is 9.26. The second-order valence-corrected chi connectivity index (χ2v) is 9.04. The summed E-state index contributed by atoms with van der Waals surface area (Å²) in [6, 6.07) is 11.7. The molecule has 1 saturated heterocycles. The Hall–Kier alpha value is -2.45. The topological polar surface area (TPSA) is 79.7 Å². The van der Waals surface area contributed by atoms with Gasteiger partial charge in [0.15, 0.2) is 0 Å². The van der Waals surface area contributed by atoms with Crippen molar-refractivity contribution in [3.63, 3.8) is 0 Å². The summed E-state index contributed by atoms with van der Waals surface area (Å²) in [6.45, 7) is 3.30. The lowest BCUT2D eigenvalue weighted by molar-refractivity contribution is 0.0695. The number of hydrogen-bond donors (Lipinski definition) is 0. The first kappa shape index (κ1) is 20.3. The molecule has 150 valence electrons. The molecule has 0 saturated carbocycles. The Kier molecular flexibility index (Phi) is 6.00. The maximum absolute atomic E-state index is 13.0. The van der Waals surface area contributed by atoms with Gasteiger partial charge in [0.05, 0.1) is 6.26 Å². The van der Waals surface area contributed by atoms with Gasteiger partial charge in [0.2, 0.25) is 10.0 Å². The van der Waals surface area contributed by atoms with Gasteiger partial charge in [-0.3, -0.25) is 9.59 Å². The fourth-order valence-corrected chi connectivity index (χ4v) is 4.20. The monoisotopic (exact) mass is 403 g/mol. The molecule has 1 fully saturated rings. The smallest absolute Gasteiger partial charge is 0.263 e. The molecule has 1 aromatic carbocycles. The summed E-state index contributed by atoms with van der Waals surface area (Å²) in [6.07, 6.45) is 3.58. The minimum atomic E-state index is -3.27. The quantitative estimate of drug-likeness (QED) is 0.749. The molecule has 8 heteroatoms. The highest BCUT2D eigenvalue weighted by Gasteiger charge is 2.28. The molecule has 1 aliphatic rings. The molecule has 0 bridgehead atoms. The SMILES string of the molecule is Cc1ccn(CCc2ccccc2)c(=O)c1C(=O)N1CCN(S(C)(=O)=O)CC1. The number of hydrogen-bond acceptors (Lipinski definition) is 4. The number of rotatable bonds is 5. The van der Waals surface area contributed by atoms with E-state index in [1.54, 1.807) is 28.7 Å². The second kappa shape index (κ2) is 8.28. The highest BCUT2D eigenvalue weighted by atomic mass is 32.2. The van der Waals surface area contributed by atoms with Gasteiger partial charge in [-0.1, -0.05) is 30.3 Å². The van der Waals surface area contributed by atoms with Crippen LogP contribution in [0.15, 0.2) is 47.4 Å². The van der Waals surface area contributed by atoms with E-state index in [0.717, 1.165) is 11.8 Å². The lowest BCUT2D eigenvalue weighted by Crippen LogP contribution is -2.51. The van der Waals surface area contributed by atoms with Gasteiger partial charge in [0, 0.05) is 38.9 Å². The largest absolute Gasteiger partial charge is 0.336 e. The van der Waals surface area contributed by atoms with Gasteiger partial charge in [-0.05, 0) is 30.5 Å². The van der Waals surface area contributed by atoms with Crippen LogP contribution >= 0.6 is 0 Å². The van der Waals surface area contributed by atoms with Crippen LogP contribution in [0.4, 0.5) is 0 Å². The van der Waals surface area contributed by atoms with Gasteiger partial charge >= 0.3 is 0 Å². The summed E-state index contributed by atoms with van der Waals surface area (Å²) in [5.41, 5.74) is 1.63. The maximum atomic E-state index is 13.0. The number of aromatic nitrogens is 1. The van der Waals surface area contributed by atoms with Crippen molar-refractivity contribution in [1.82, 2.24) is 13.8 Å². The third-order valence-electron chi connectivity index (χ3n) is 5.07. The molecule has 0 radical (unpaired) electrons. The summed E-state index contributed by atoms with van der Waals surface area (Å²) in [5, 5.41) is 0. The third kappa shape index (κ3) is 4.51. The number of pyridine rings is 1. The van der Waals surface area contributed by atoms with Gasteiger partial charge in [0.25, 0.3) is 11.5 Å². The zero-order chi connectivity index (χ0) is 20.3. The first-order chi connectivity index (χ1) is 13.3. The molecular formula is C20H25N3O4S. The van der Waals surface area contributed by atoms with Gasteiger partial charge in [-0.25, -0.2) is 8.42 Å². The highest BCUT2D eigenvalue weighted by Crippen LogP contribution is 2.12. The minimum absolute atomic E-state index is 0.170. The number of carbonyl (C=O) groups excluding carboxylic acids is 1. The van der Waals surface area contributed by atoms with Gasteiger partial charge in [-0.2, -0.15) is 4.31 Å². The van der Waals surface area contributed by atoms with Crippen LogP contribution in [0.5, 0.6) is 0 Å². The molecule has 0 atom stereocenters. The predicted molar refractivity (Wildman–Crippen MR) is 108 cm³/mol. The highest BCUT2D eigenvalue weighted by molar-refractivity contribution is 7.88. The normalized spacial score (nSPS) is 15.6. The molecule has 0 N–H and O–H groups in total. The van der Waals surface area contributed by atoms with Crippen LogP contribution in [0.2, 0.25) is 0 Å². The van der Waals surface area contributed by atoms with Crippen LogP contribution < -0.4 is 5.56 Å². The van der Waals surface area contributed by atoms with Crippen molar-refractivity contribution in [2.45, 2.75) is 19.9 Å². The van der Waals surface area contributed by atoms with Crippen LogP contribution in [0.3, 0.4) is 0 Å². The molecule has 7 nitrogen and oxygen atoms in total. The van der Waals surface area contributed by atoms with Crippen molar-refractivity contribution in [1.29, 1.82) is 0 Å². The lowest BCUT2D eigenvalue weighted by atomic mass is 10.1. The average Bonchev–Trinajstić information content (AvgIpc) is 2.67. The second-order valence-electron chi connectivity index (χ2n) is 7.06. The molecule has 0 aliphatic carbocycles. The van der Waals surface area contributed by atoms with Crippen LogP contribution in [0, 0.1) is 6.92 Å². The van der Waals surface area contributed by atoms with Gasteiger partial charge in [-0.15, -0.1) is 0 Å². The van der Waals surface area contributed by atoms with Crippen LogP contribution in [-0.4, -0.2) is 60.5 Å². The van der Waals surface area contributed by atoms with E-state index in [1.165, 1.54) is 4.31 Å². The summed E-state index contributed by atoms with van der Waals surface area (Å²) >= 11 is 0. The summed E-state index contributed by atoms with van der Waals surface area (Å²) in [4.78, 5) is 27.5. The van der Waals surface area contributed by atoms with E-state index < -0.39 is 10.0 Å². The predicted octanol–water partition coefficient (Wildman–Crippen LogP) is 1.12. The van der Waals surface area contributed by atoms with E-state index >= 15 is 0 Å². The Morgan fingerprint density at radius 1 is 1.04 bits per heavy atom. The van der Waals surface area contributed by atoms with E-state index in [9.17, 15) is 18.0 Å². The Morgan fingerprint density at radius 3 is 2.29 bits per heavy atom. The standard InChI is InChI=1S/C20H25N3O4S/c1-16-8-10-21(11-9-17-6-4-3-5-7-17)19(24)18(16)20(25)22-12-14-23(15-13-22)28(2,26)27/h3-8,10H,9,11-15H2,1-2H3. The molecule has 0 spiro atoms. The molecule has 2 aromatic rings. The van der Waals surface area contributed by atoms with Crippen LogP contribution in [0.1, 0.15) is 21.5 Å². The minimum Gasteiger partial charge on any atom is -0.336 e. The number of piperazine rings is 1. The summed E-state index contributed by atoms with van der Waals surface area (Å²) in [5.74, 6) is -0.329. The first-order valence-corrected chi connectivity index (χ1v) is 11.1. The number of carbonyl (C=O) groups is 1. The Balaban J connectivity index is 1.76. The van der Waals surface area contributed by atoms with Crippen LogP contribution in [0.25, 0.3) is 0 Å². The summed E-state index contributed by atoms with van der Waals surface area (Å²) in [7, 11) is -3.27. The Labute approximate surface area is 165 Å². The van der Waals surface area contributed by atoms with Crippen molar-refractivity contribution in [3.8, 4) is 0 Å². The molecule has 1 amide bonds. The maximum Gasteiger partial charge on any atom is 0.263 e. The number of benzene rings is 1. The van der Waals surface area contributed by atoms with E-state index in [0.29, 0.717) is 18.5 Å². The zero-order valence-electron chi connectivity index (χ0n) is 16.2. The lowest BCUT2D eigenvalue weighted by Gasteiger charge is -2.33. The third-order valence-corrected chi connectivity index (χ3v) is 6.37. The van der Waals surface area contributed by atoms with Crippen molar-refractivity contribution < 1.29 is 13.2 Å². The Morgan fingerprint density at radius 2 is 1.68 bits per heavy atom. The zero-order valence-corrected chi connectivity index (χ0v) is 17.0. The van der Waals surface area contributed by atoms with Gasteiger partial charge < -0.3 is 9.47 Å². The molecule has 0 unspecified atom stereocenters. The van der Waals surface area contributed by atoms with E-state index in [2.05, 4.69) is 0 Å². The average molecular weight is 404 g/mol. The van der Waals surface area contributed by atoms with E-state index in [4.69, 9.17) is 0 Å². The van der Waals surface area contributed by atoms with E-state index in [-0.39, 0.29) is 43.2 Å². The fraction of sp³-hybridized carbons (Fsp3) is 0.400. The van der Waals surface area contributed by atoms with Crippen LogP contribution in [-0.2, 0) is 23.0 Å². The molecule has 1 aliphatic heterocycles. The van der Waals surface area contributed by atoms with Crippen molar-refractivity contribution in [3.05, 3.63) is 69.6 Å². The molecular weight excluding hydrogens is 378 g/mol. The van der Waals surface area contributed by atoms with Gasteiger partial charge in [0.1, 0.15) is 5.56 Å².